The van der Waals surface area contributed by atoms with E-state index < -0.39 is 18.1 Å². The molecule has 3 rings (SSSR count). The third-order valence-corrected chi connectivity index (χ3v) is 3.55. The maximum atomic E-state index is 13.2. The van der Waals surface area contributed by atoms with E-state index in [2.05, 4.69) is 0 Å². The van der Waals surface area contributed by atoms with Crippen LogP contribution in [0.15, 0.2) is 59.4 Å². The molecule has 5 nitrogen and oxygen atoms in total. The number of rotatable bonds is 5. The lowest BCUT2D eigenvalue weighted by molar-refractivity contribution is -0.137. The van der Waals surface area contributed by atoms with Gasteiger partial charge in [0, 0.05) is 11.5 Å². The summed E-state index contributed by atoms with van der Waals surface area (Å²) in [6.45, 7) is -0.358. The number of benzene rings is 2. The minimum Gasteiger partial charge on any atom is -0.487 e. The Morgan fingerprint density at radius 1 is 1.12 bits per heavy atom. The molecule has 0 radical (unpaired) electrons. The van der Waals surface area contributed by atoms with Gasteiger partial charge in [-0.25, -0.2) is 4.39 Å². The first kappa shape index (κ1) is 15.7. The molecule has 0 saturated carbocycles. The van der Waals surface area contributed by atoms with Crippen molar-refractivity contribution in [3.63, 3.8) is 0 Å². The average Bonchev–Trinajstić information content (AvgIpc) is 2.55. The van der Waals surface area contributed by atoms with Gasteiger partial charge in [-0.1, -0.05) is 24.3 Å². The molecule has 0 bridgehead atoms. The van der Waals surface area contributed by atoms with Crippen molar-refractivity contribution in [2.24, 2.45) is 0 Å². The number of aromatic nitrogens is 1. The van der Waals surface area contributed by atoms with E-state index in [0.29, 0.717) is 22.2 Å². The number of pyridine rings is 1. The Hall–Kier alpha value is -3.15. The molecule has 0 aliphatic carbocycles. The van der Waals surface area contributed by atoms with Crippen molar-refractivity contribution < 1.29 is 19.0 Å². The van der Waals surface area contributed by atoms with Gasteiger partial charge in [0.15, 0.2) is 0 Å². The molecule has 0 spiro atoms. The molecule has 1 heterocycles. The van der Waals surface area contributed by atoms with Gasteiger partial charge in [0.25, 0.3) is 5.56 Å². The highest BCUT2D eigenvalue weighted by atomic mass is 19.1. The van der Waals surface area contributed by atoms with E-state index in [-0.39, 0.29) is 12.4 Å². The molecule has 0 atom stereocenters. The van der Waals surface area contributed by atoms with Crippen LogP contribution in [-0.2, 0) is 17.9 Å². The Bertz CT molecular complexity index is 965. The zero-order chi connectivity index (χ0) is 17.1. The molecule has 0 saturated heterocycles. The van der Waals surface area contributed by atoms with Crippen molar-refractivity contribution in [1.82, 2.24) is 4.57 Å². The molecule has 2 aromatic carbocycles. The molecule has 1 N–H and O–H groups in total. The Labute approximate surface area is 136 Å². The van der Waals surface area contributed by atoms with Crippen LogP contribution >= 0.6 is 0 Å². The fraction of sp³-hybridized carbons (Fsp3) is 0.111. The number of aliphatic carboxylic acids is 1. The lowest BCUT2D eigenvalue weighted by Crippen LogP contribution is -2.23. The third-order valence-electron chi connectivity index (χ3n) is 3.55. The fourth-order valence-corrected chi connectivity index (χ4v) is 2.52. The van der Waals surface area contributed by atoms with Crippen molar-refractivity contribution in [1.29, 1.82) is 0 Å². The van der Waals surface area contributed by atoms with Gasteiger partial charge in [-0.3, -0.25) is 14.2 Å². The van der Waals surface area contributed by atoms with Crippen LogP contribution in [0.25, 0.3) is 10.9 Å². The standard InChI is InChI=1S/C18H14FNO4/c19-14-5-1-3-12(9-14)11-24-15-6-2-4-13-7-8-16(21)20(18(13)15)10-17(22)23/h1-9H,10-11H2,(H,22,23). The molecular formula is C18H14FNO4. The van der Waals surface area contributed by atoms with Crippen LogP contribution < -0.4 is 10.3 Å². The number of para-hydroxylation sites is 1. The van der Waals surface area contributed by atoms with Crippen LogP contribution in [0, 0.1) is 5.82 Å². The van der Waals surface area contributed by atoms with Gasteiger partial charge in [-0.05, 0) is 29.8 Å². The predicted octanol–water partition coefficient (Wildman–Crippen LogP) is 2.80. The van der Waals surface area contributed by atoms with Crippen molar-refractivity contribution in [2.45, 2.75) is 13.2 Å². The Morgan fingerprint density at radius 2 is 1.92 bits per heavy atom. The number of fused-ring (bicyclic) bond motifs is 1. The number of hydrogen-bond acceptors (Lipinski definition) is 3. The number of carboxylic acids is 1. The monoisotopic (exact) mass is 327 g/mol. The molecule has 1 aromatic heterocycles. The first-order valence-corrected chi connectivity index (χ1v) is 7.26. The average molecular weight is 327 g/mol. The second-order valence-corrected chi connectivity index (χ2v) is 5.26. The lowest BCUT2D eigenvalue weighted by Gasteiger charge is -2.13. The smallest absolute Gasteiger partial charge is 0.323 e. The van der Waals surface area contributed by atoms with Crippen molar-refractivity contribution >= 4 is 16.9 Å². The zero-order valence-corrected chi connectivity index (χ0v) is 12.6. The van der Waals surface area contributed by atoms with Gasteiger partial charge in [0.1, 0.15) is 24.7 Å². The normalized spacial score (nSPS) is 10.7. The van der Waals surface area contributed by atoms with Crippen LogP contribution in [-0.4, -0.2) is 15.6 Å². The molecule has 0 aliphatic rings. The van der Waals surface area contributed by atoms with E-state index in [1.165, 1.54) is 18.2 Å². The maximum Gasteiger partial charge on any atom is 0.323 e. The van der Waals surface area contributed by atoms with E-state index in [1.807, 2.05) is 0 Å². The molecule has 122 valence electrons. The fourth-order valence-electron chi connectivity index (χ4n) is 2.52. The van der Waals surface area contributed by atoms with Crippen LogP contribution in [0.3, 0.4) is 0 Å². The van der Waals surface area contributed by atoms with Gasteiger partial charge < -0.3 is 9.84 Å². The van der Waals surface area contributed by atoms with Crippen LogP contribution in [0.1, 0.15) is 5.56 Å². The summed E-state index contributed by atoms with van der Waals surface area (Å²) in [4.78, 5) is 23.1. The summed E-state index contributed by atoms with van der Waals surface area (Å²) in [5.74, 6) is -1.11. The highest BCUT2D eigenvalue weighted by Gasteiger charge is 2.12. The molecule has 0 fully saturated rings. The highest BCUT2D eigenvalue weighted by Crippen LogP contribution is 2.25. The number of carbonyl (C=O) groups is 1. The maximum absolute atomic E-state index is 13.2. The molecule has 6 heteroatoms. The SMILES string of the molecule is O=C(O)Cn1c(=O)ccc2cccc(OCc3cccc(F)c3)c21. The van der Waals surface area contributed by atoms with Gasteiger partial charge in [0.05, 0.1) is 5.52 Å². The van der Waals surface area contributed by atoms with Gasteiger partial charge >= 0.3 is 5.97 Å². The topological polar surface area (TPSA) is 68.5 Å². The second kappa shape index (κ2) is 6.54. The molecule has 3 aromatic rings. The first-order valence-electron chi connectivity index (χ1n) is 7.26. The van der Waals surface area contributed by atoms with Crippen LogP contribution in [0.4, 0.5) is 4.39 Å². The number of ether oxygens (including phenoxy) is 1. The summed E-state index contributed by atoms with van der Waals surface area (Å²) >= 11 is 0. The third kappa shape index (κ3) is 3.27. The van der Waals surface area contributed by atoms with E-state index in [9.17, 15) is 14.0 Å². The molecule has 0 amide bonds. The van der Waals surface area contributed by atoms with Gasteiger partial charge in [-0.15, -0.1) is 0 Å². The number of halogens is 1. The Morgan fingerprint density at radius 3 is 2.67 bits per heavy atom. The van der Waals surface area contributed by atoms with Gasteiger partial charge in [0.2, 0.25) is 0 Å². The minimum absolute atomic E-state index is 0.104. The summed E-state index contributed by atoms with van der Waals surface area (Å²) in [6.07, 6.45) is 0. The van der Waals surface area contributed by atoms with Crippen LogP contribution in [0.5, 0.6) is 5.75 Å². The van der Waals surface area contributed by atoms with Crippen molar-refractivity contribution in [3.05, 3.63) is 76.3 Å². The molecular weight excluding hydrogens is 313 g/mol. The van der Waals surface area contributed by atoms with E-state index in [4.69, 9.17) is 9.84 Å². The number of nitrogens with zero attached hydrogens (tertiary/aromatic N) is 1. The second-order valence-electron chi connectivity index (χ2n) is 5.26. The molecule has 24 heavy (non-hydrogen) atoms. The zero-order valence-electron chi connectivity index (χ0n) is 12.6. The summed E-state index contributed by atoms with van der Waals surface area (Å²) in [6, 6.07) is 14.1. The van der Waals surface area contributed by atoms with E-state index in [0.717, 1.165) is 4.57 Å². The number of hydrogen-bond donors (Lipinski definition) is 1. The van der Waals surface area contributed by atoms with Gasteiger partial charge in [-0.2, -0.15) is 0 Å². The summed E-state index contributed by atoms with van der Waals surface area (Å²) in [5.41, 5.74) is 0.616. The summed E-state index contributed by atoms with van der Waals surface area (Å²) < 4.78 is 20.1. The van der Waals surface area contributed by atoms with Crippen molar-refractivity contribution in [3.8, 4) is 5.75 Å². The van der Waals surface area contributed by atoms with Crippen LogP contribution in [0.2, 0.25) is 0 Å². The first-order chi connectivity index (χ1) is 11.5. The summed E-state index contributed by atoms with van der Waals surface area (Å²) in [5, 5.41) is 9.73. The minimum atomic E-state index is -1.12. The lowest BCUT2D eigenvalue weighted by atomic mass is 10.2. The Balaban J connectivity index is 2.02. The van der Waals surface area contributed by atoms with E-state index in [1.54, 1.807) is 36.4 Å². The van der Waals surface area contributed by atoms with E-state index >= 15 is 0 Å². The Kier molecular flexibility index (Phi) is 4.29. The predicted molar refractivity (Wildman–Crippen MR) is 86.6 cm³/mol. The highest BCUT2D eigenvalue weighted by molar-refractivity contribution is 5.86. The number of carboxylic acid groups (broad SMARTS) is 1. The largest absolute Gasteiger partial charge is 0.487 e. The quantitative estimate of drug-likeness (QED) is 0.782. The van der Waals surface area contributed by atoms with Crippen molar-refractivity contribution in [2.75, 3.05) is 0 Å². The molecule has 0 unspecified atom stereocenters. The summed E-state index contributed by atoms with van der Waals surface area (Å²) in [7, 11) is 0. The molecule has 0 aliphatic heterocycles.